The second kappa shape index (κ2) is 7.19. The molecular weight excluding hydrogens is 312 g/mol. The Morgan fingerprint density at radius 1 is 1.46 bits per heavy atom. The average Bonchev–Trinajstić information content (AvgIpc) is 2.87. The summed E-state index contributed by atoms with van der Waals surface area (Å²) in [5.74, 6) is -0.680. The highest BCUT2D eigenvalue weighted by atomic mass is 16.5. The molecule has 0 aliphatic carbocycles. The Morgan fingerprint density at radius 2 is 2.29 bits per heavy atom. The molecular formula is C17H22N2O5. The fourth-order valence-corrected chi connectivity index (χ4v) is 2.72. The molecule has 2 aromatic rings. The molecule has 0 saturated carbocycles. The third-order valence-corrected chi connectivity index (χ3v) is 4.24. The largest absolute Gasteiger partial charge is 0.419 e. The van der Waals surface area contributed by atoms with Crippen LogP contribution in [0.4, 0.5) is 5.69 Å². The number of rotatable bonds is 5. The second-order valence-electron chi connectivity index (χ2n) is 6.06. The van der Waals surface area contributed by atoms with Gasteiger partial charge in [0.25, 0.3) is 5.91 Å². The van der Waals surface area contributed by atoms with Crippen LogP contribution in [-0.2, 0) is 21.3 Å². The van der Waals surface area contributed by atoms with Crippen molar-refractivity contribution in [3.05, 3.63) is 28.7 Å². The SMILES string of the molecule is CC(OCC1CCCCO1)C(=O)Nc1ccc2c(c1)oc(=O)n2C. The number of ether oxygens (including phenoxy) is 2. The minimum Gasteiger partial charge on any atom is -0.408 e. The van der Waals surface area contributed by atoms with Gasteiger partial charge >= 0.3 is 5.76 Å². The van der Waals surface area contributed by atoms with E-state index in [1.165, 1.54) is 4.57 Å². The van der Waals surface area contributed by atoms with Crippen molar-refractivity contribution in [2.24, 2.45) is 7.05 Å². The van der Waals surface area contributed by atoms with Gasteiger partial charge in [-0.3, -0.25) is 9.36 Å². The van der Waals surface area contributed by atoms with Crippen LogP contribution in [0.5, 0.6) is 0 Å². The number of hydrogen-bond acceptors (Lipinski definition) is 5. The lowest BCUT2D eigenvalue weighted by Gasteiger charge is -2.23. The molecule has 1 N–H and O–H groups in total. The van der Waals surface area contributed by atoms with Crippen LogP contribution in [-0.4, -0.2) is 35.9 Å². The lowest BCUT2D eigenvalue weighted by atomic mass is 10.1. The average molecular weight is 334 g/mol. The third kappa shape index (κ3) is 3.68. The second-order valence-corrected chi connectivity index (χ2v) is 6.06. The Morgan fingerprint density at radius 3 is 3.04 bits per heavy atom. The molecule has 7 nitrogen and oxygen atoms in total. The maximum absolute atomic E-state index is 12.2. The Balaban J connectivity index is 1.58. The lowest BCUT2D eigenvalue weighted by molar-refractivity contribution is -0.130. The number of hydrogen-bond donors (Lipinski definition) is 1. The monoisotopic (exact) mass is 334 g/mol. The van der Waals surface area contributed by atoms with Crippen molar-refractivity contribution in [3.63, 3.8) is 0 Å². The van der Waals surface area contributed by atoms with E-state index >= 15 is 0 Å². The summed E-state index contributed by atoms with van der Waals surface area (Å²) in [7, 11) is 1.63. The molecule has 2 unspecified atom stereocenters. The van der Waals surface area contributed by atoms with E-state index in [4.69, 9.17) is 13.9 Å². The number of aromatic nitrogens is 1. The van der Waals surface area contributed by atoms with Crippen molar-refractivity contribution < 1.29 is 18.7 Å². The highest BCUT2D eigenvalue weighted by Crippen LogP contribution is 2.18. The molecule has 0 radical (unpaired) electrons. The van der Waals surface area contributed by atoms with Crippen LogP contribution in [0.3, 0.4) is 0 Å². The first-order chi connectivity index (χ1) is 11.5. The highest BCUT2D eigenvalue weighted by Gasteiger charge is 2.19. The van der Waals surface area contributed by atoms with Gasteiger partial charge in [-0.1, -0.05) is 0 Å². The highest BCUT2D eigenvalue weighted by molar-refractivity contribution is 5.95. The summed E-state index contributed by atoms with van der Waals surface area (Å²) in [6.45, 7) is 2.89. The number of amides is 1. The van der Waals surface area contributed by atoms with Gasteiger partial charge in [-0.15, -0.1) is 0 Å². The molecule has 2 atom stereocenters. The van der Waals surface area contributed by atoms with Crippen LogP contribution in [0.15, 0.2) is 27.4 Å². The molecule has 0 spiro atoms. The van der Waals surface area contributed by atoms with Crippen molar-refractivity contribution in [2.45, 2.75) is 38.4 Å². The van der Waals surface area contributed by atoms with E-state index in [1.54, 1.807) is 32.2 Å². The van der Waals surface area contributed by atoms with Gasteiger partial charge in [-0.25, -0.2) is 4.79 Å². The first-order valence-electron chi connectivity index (χ1n) is 8.18. The maximum atomic E-state index is 12.2. The van der Waals surface area contributed by atoms with Crippen molar-refractivity contribution in [1.82, 2.24) is 4.57 Å². The fourth-order valence-electron chi connectivity index (χ4n) is 2.72. The molecule has 2 heterocycles. The van der Waals surface area contributed by atoms with Crippen LogP contribution in [0.1, 0.15) is 26.2 Å². The number of benzene rings is 1. The standard InChI is InChI=1S/C17H22N2O5/c1-11(23-10-13-5-3-4-8-22-13)16(20)18-12-6-7-14-15(9-12)24-17(21)19(14)2/h6-7,9,11,13H,3-5,8,10H2,1-2H3,(H,18,20). The Labute approximate surface area is 139 Å². The summed E-state index contributed by atoms with van der Waals surface area (Å²) in [5, 5.41) is 2.77. The van der Waals surface area contributed by atoms with Crippen molar-refractivity contribution in [1.29, 1.82) is 0 Å². The number of oxazole rings is 1. The molecule has 0 bridgehead atoms. The van der Waals surface area contributed by atoms with Crippen molar-refractivity contribution in [2.75, 3.05) is 18.5 Å². The van der Waals surface area contributed by atoms with Crippen LogP contribution >= 0.6 is 0 Å². The van der Waals surface area contributed by atoms with E-state index in [0.717, 1.165) is 25.9 Å². The molecule has 3 rings (SSSR count). The fraction of sp³-hybridized carbons (Fsp3) is 0.529. The van der Waals surface area contributed by atoms with Crippen LogP contribution in [0, 0.1) is 0 Å². The molecule has 1 amide bonds. The molecule has 1 aromatic carbocycles. The first-order valence-corrected chi connectivity index (χ1v) is 8.18. The van der Waals surface area contributed by atoms with Crippen LogP contribution in [0.2, 0.25) is 0 Å². The van der Waals surface area contributed by atoms with Crippen molar-refractivity contribution in [3.8, 4) is 0 Å². The molecule has 1 saturated heterocycles. The number of anilines is 1. The van der Waals surface area contributed by atoms with Gasteiger partial charge in [0.05, 0.1) is 18.2 Å². The van der Waals surface area contributed by atoms with E-state index in [0.29, 0.717) is 23.4 Å². The molecule has 1 aliphatic rings. The smallest absolute Gasteiger partial charge is 0.408 e. The first kappa shape index (κ1) is 16.7. The van der Waals surface area contributed by atoms with E-state index in [-0.39, 0.29) is 12.0 Å². The van der Waals surface area contributed by atoms with Gasteiger partial charge in [0, 0.05) is 25.4 Å². The molecule has 1 aliphatic heterocycles. The zero-order valence-corrected chi connectivity index (χ0v) is 13.9. The molecule has 1 fully saturated rings. The minimum absolute atomic E-state index is 0.0731. The van der Waals surface area contributed by atoms with E-state index in [1.807, 2.05) is 0 Å². The number of aryl methyl sites for hydroxylation is 1. The summed E-state index contributed by atoms with van der Waals surface area (Å²) in [4.78, 5) is 23.7. The van der Waals surface area contributed by atoms with Gasteiger partial charge in [0.2, 0.25) is 0 Å². The Hall–Kier alpha value is -2.12. The van der Waals surface area contributed by atoms with Crippen molar-refractivity contribution >= 4 is 22.7 Å². The van der Waals surface area contributed by atoms with E-state index < -0.39 is 11.9 Å². The summed E-state index contributed by atoms with van der Waals surface area (Å²) < 4.78 is 17.7. The van der Waals surface area contributed by atoms with E-state index in [2.05, 4.69) is 5.32 Å². The number of carbonyl (C=O) groups is 1. The minimum atomic E-state index is -0.589. The van der Waals surface area contributed by atoms with Gasteiger partial charge in [0.1, 0.15) is 6.10 Å². The Bertz CT molecular complexity index is 773. The predicted octanol–water partition coefficient (Wildman–Crippen LogP) is 2.04. The molecule has 7 heteroatoms. The Kier molecular flexibility index (Phi) is 5.01. The number of nitrogens with one attached hydrogen (secondary N) is 1. The van der Waals surface area contributed by atoms with Gasteiger partial charge in [-0.2, -0.15) is 0 Å². The quantitative estimate of drug-likeness (QED) is 0.905. The zero-order valence-electron chi connectivity index (χ0n) is 13.9. The van der Waals surface area contributed by atoms with Gasteiger partial charge in [0.15, 0.2) is 5.58 Å². The van der Waals surface area contributed by atoms with Gasteiger partial charge < -0.3 is 19.2 Å². The number of fused-ring (bicyclic) bond motifs is 1. The topological polar surface area (TPSA) is 82.7 Å². The number of nitrogens with zero attached hydrogens (tertiary/aromatic N) is 1. The summed E-state index contributed by atoms with van der Waals surface area (Å²) >= 11 is 0. The lowest BCUT2D eigenvalue weighted by Crippen LogP contribution is -2.32. The third-order valence-electron chi connectivity index (χ3n) is 4.24. The maximum Gasteiger partial charge on any atom is 0.419 e. The normalized spacial score (nSPS) is 19.3. The number of carbonyl (C=O) groups excluding carboxylic acids is 1. The van der Waals surface area contributed by atoms with Crippen LogP contribution < -0.4 is 11.1 Å². The molecule has 130 valence electrons. The van der Waals surface area contributed by atoms with Gasteiger partial charge in [-0.05, 0) is 38.3 Å². The predicted molar refractivity (Wildman–Crippen MR) is 89.1 cm³/mol. The zero-order chi connectivity index (χ0) is 17.1. The summed E-state index contributed by atoms with van der Waals surface area (Å²) in [5.41, 5.74) is 1.67. The summed E-state index contributed by atoms with van der Waals surface area (Å²) in [6, 6.07) is 5.09. The van der Waals surface area contributed by atoms with Crippen LogP contribution in [0.25, 0.3) is 11.1 Å². The molecule has 24 heavy (non-hydrogen) atoms. The molecule has 1 aromatic heterocycles. The summed E-state index contributed by atoms with van der Waals surface area (Å²) in [6.07, 6.45) is 2.68. The van der Waals surface area contributed by atoms with E-state index in [9.17, 15) is 9.59 Å².